The van der Waals surface area contributed by atoms with E-state index in [0.29, 0.717) is 18.0 Å². The van der Waals surface area contributed by atoms with Crippen LogP contribution >= 0.6 is 15.9 Å². The Morgan fingerprint density at radius 2 is 2.38 bits per heavy atom. The number of aromatic nitrogens is 2. The van der Waals surface area contributed by atoms with Crippen molar-refractivity contribution in [2.75, 3.05) is 0 Å². The Kier molecular flexibility index (Phi) is 2.59. The third-order valence-corrected chi connectivity index (χ3v) is 3.76. The van der Waals surface area contributed by atoms with E-state index in [0.717, 1.165) is 16.7 Å². The van der Waals surface area contributed by atoms with Gasteiger partial charge in [0.25, 0.3) is 0 Å². The number of hydrogen-bond acceptors (Lipinski definition) is 4. The summed E-state index contributed by atoms with van der Waals surface area (Å²) in [5.74, 6) is 0.669. The SMILES string of the molecule is Cc1nc(Br)cnc1O[C@H]1C[C@@H]2CC[C@H]1N2. The van der Waals surface area contributed by atoms with Crippen molar-refractivity contribution in [1.82, 2.24) is 15.3 Å². The average molecular weight is 284 g/mol. The lowest BCUT2D eigenvalue weighted by Crippen LogP contribution is -2.32. The molecule has 2 saturated heterocycles. The van der Waals surface area contributed by atoms with E-state index in [1.54, 1.807) is 6.20 Å². The van der Waals surface area contributed by atoms with Gasteiger partial charge in [0.1, 0.15) is 16.4 Å². The van der Waals surface area contributed by atoms with Gasteiger partial charge in [-0.3, -0.25) is 0 Å². The van der Waals surface area contributed by atoms with Gasteiger partial charge in [0.15, 0.2) is 0 Å². The number of nitrogens with zero attached hydrogens (tertiary/aromatic N) is 2. The first-order valence-corrected chi connectivity index (χ1v) is 6.43. The Morgan fingerprint density at radius 3 is 3.00 bits per heavy atom. The van der Waals surface area contributed by atoms with Crippen molar-refractivity contribution < 1.29 is 4.74 Å². The molecule has 0 saturated carbocycles. The highest BCUT2D eigenvalue weighted by molar-refractivity contribution is 9.10. The molecule has 2 aliphatic heterocycles. The smallest absolute Gasteiger partial charge is 0.235 e. The summed E-state index contributed by atoms with van der Waals surface area (Å²) >= 11 is 3.30. The average Bonchev–Trinajstić information content (AvgIpc) is 2.84. The Morgan fingerprint density at radius 1 is 1.50 bits per heavy atom. The van der Waals surface area contributed by atoms with Gasteiger partial charge in [-0.1, -0.05) is 0 Å². The van der Waals surface area contributed by atoms with Crippen LogP contribution in [0.4, 0.5) is 0 Å². The number of hydrogen-bond donors (Lipinski definition) is 1. The second kappa shape index (κ2) is 3.96. The van der Waals surface area contributed by atoms with E-state index in [9.17, 15) is 0 Å². The van der Waals surface area contributed by atoms with Crippen LogP contribution in [0.5, 0.6) is 5.88 Å². The van der Waals surface area contributed by atoms with E-state index < -0.39 is 0 Å². The molecule has 0 aromatic carbocycles. The molecule has 0 radical (unpaired) electrons. The number of halogens is 1. The van der Waals surface area contributed by atoms with Crippen LogP contribution in [-0.4, -0.2) is 28.2 Å². The van der Waals surface area contributed by atoms with Crippen molar-refractivity contribution >= 4 is 15.9 Å². The molecule has 0 unspecified atom stereocenters. The van der Waals surface area contributed by atoms with Crippen molar-refractivity contribution in [3.63, 3.8) is 0 Å². The molecule has 1 aromatic heterocycles. The zero-order chi connectivity index (χ0) is 11.1. The zero-order valence-electron chi connectivity index (χ0n) is 9.11. The minimum atomic E-state index is 0.271. The number of nitrogens with one attached hydrogen (secondary N) is 1. The zero-order valence-corrected chi connectivity index (χ0v) is 10.7. The quantitative estimate of drug-likeness (QED) is 0.900. The highest BCUT2D eigenvalue weighted by Gasteiger charge is 2.40. The lowest BCUT2D eigenvalue weighted by Gasteiger charge is -2.21. The lowest BCUT2D eigenvalue weighted by atomic mass is 9.98. The van der Waals surface area contributed by atoms with Crippen LogP contribution < -0.4 is 10.1 Å². The highest BCUT2D eigenvalue weighted by atomic mass is 79.9. The molecule has 1 N–H and O–H groups in total. The molecule has 0 spiro atoms. The molecule has 2 fully saturated rings. The fourth-order valence-corrected chi connectivity index (χ4v) is 2.97. The highest BCUT2D eigenvalue weighted by Crippen LogP contribution is 2.31. The molecular formula is C11H14BrN3O. The van der Waals surface area contributed by atoms with Crippen LogP contribution in [0.2, 0.25) is 0 Å². The van der Waals surface area contributed by atoms with Crippen molar-refractivity contribution in [1.29, 1.82) is 0 Å². The van der Waals surface area contributed by atoms with E-state index in [-0.39, 0.29) is 6.10 Å². The Hall–Kier alpha value is -0.680. The molecule has 2 aliphatic rings. The van der Waals surface area contributed by atoms with Gasteiger partial charge in [0.05, 0.1) is 6.20 Å². The number of aryl methyl sites for hydroxylation is 1. The third-order valence-electron chi connectivity index (χ3n) is 3.38. The topological polar surface area (TPSA) is 47.0 Å². The first kappa shape index (κ1) is 10.5. The van der Waals surface area contributed by atoms with Crippen LogP contribution in [0, 0.1) is 6.92 Å². The summed E-state index contributed by atoms with van der Waals surface area (Å²) in [6.07, 6.45) is 5.56. The summed E-state index contributed by atoms with van der Waals surface area (Å²) in [5.41, 5.74) is 0.845. The molecule has 1 aromatic rings. The largest absolute Gasteiger partial charge is 0.471 e. The molecule has 86 valence electrons. The maximum Gasteiger partial charge on any atom is 0.235 e. The summed E-state index contributed by atoms with van der Waals surface area (Å²) < 4.78 is 6.69. The number of fused-ring (bicyclic) bond motifs is 2. The fourth-order valence-electron chi connectivity index (χ4n) is 2.61. The van der Waals surface area contributed by atoms with E-state index in [4.69, 9.17) is 4.74 Å². The molecule has 3 rings (SSSR count). The van der Waals surface area contributed by atoms with Crippen molar-refractivity contribution in [3.05, 3.63) is 16.5 Å². The van der Waals surface area contributed by atoms with Crippen molar-refractivity contribution in [2.24, 2.45) is 0 Å². The summed E-state index contributed by atoms with van der Waals surface area (Å²) in [5, 5.41) is 3.55. The molecule has 16 heavy (non-hydrogen) atoms. The van der Waals surface area contributed by atoms with Crippen molar-refractivity contribution in [3.8, 4) is 5.88 Å². The van der Waals surface area contributed by atoms with Crippen LogP contribution in [0.15, 0.2) is 10.8 Å². The van der Waals surface area contributed by atoms with Gasteiger partial charge in [-0.2, -0.15) is 0 Å². The summed E-state index contributed by atoms with van der Waals surface area (Å²) in [6.45, 7) is 1.92. The summed E-state index contributed by atoms with van der Waals surface area (Å²) in [7, 11) is 0. The van der Waals surface area contributed by atoms with Crippen LogP contribution in [0.1, 0.15) is 25.0 Å². The predicted octanol–water partition coefficient (Wildman–Crippen LogP) is 1.82. The summed E-state index contributed by atoms with van der Waals surface area (Å²) in [6, 6.07) is 1.16. The van der Waals surface area contributed by atoms with Gasteiger partial charge in [-0.15, -0.1) is 0 Å². The first-order valence-electron chi connectivity index (χ1n) is 5.64. The van der Waals surface area contributed by atoms with Gasteiger partial charge in [0.2, 0.25) is 5.88 Å². The van der Waals surface area contributed by atoms with E-state index in [2.05, 4.69) is 31.2 Å². The molecule has 4 nitrogen and oxygen atoms in total. The van der Waals surface area contributed by atoms with Gasteiger partial charge in [-0.05, 0) is 35.7 Å². The van der Waals surface area contributed by atoms with Gasteiger partial charge in [0, 0.05) is 18.5 Å². The minimum absolute atomic E-state index is 0.271. The Bertz CT molecular complexity index is 412. The third kappa shape index (κ3) is 1.82. The van der Waals surface area contributed by atoms with E-state index in [1.807, 2.05) is 6.92 Å². The minimum Gasteiger partial charge on any atom is -0.471 e. The number of rotatable bonds is 2. The van der Waals surface area contributed by atoms with Crippen LogP contribution in [-0.2, 0) is 0 Å². The van der Waals surface area contributed by atoms with Gasteiger partial charge < -0.3 is 10.1 Å². The monoisotopic (exact) mass is 283 g/mol. The predicted molar refractivity (Wildman–Crippen MR) is 63.4 cm³/mol. The van der Waals surface area contributed by atoms with E-state index in [1.165, 1.54) is 12.8 Å². The maximum atomic E-state index is 5.94. The second-order valence-electron chi connectivity index (χ2n) is 4.52. The lowest BCUT2D eigenvalue weighted by molar-refractivity contribution is 0.162. The van der Waals surface area contributed by atoms with Crippen molar-refractivity contribution in [2.45, 2.75) is 44.4 Å². The molecular weight excluding hydrogens is 270 g/mol. The molecule has 2 bridgehead atoms. The Balaban J connectivity index is 1.74. The normalized spacial score (nSPS) is 32.0. The molecule has 3 atom stereocenters. The second-order valence-corrected chi connectivity index (χ2v) is 5.34. The first-order chi connectivity index (χ1) is 7.72. The molecule has 3 heterocycles. The molecule has 0 aliphatic carbocycles. The maximum absolute atomic E-state index is 5.94. The summed E-state index contributed by atoms with van der Waals surface area (Å²) in [4.78, 5) is 8.55. The van der Waals surface area contributed by atoms with Crippen LogP contribution in [0.25, 0.3) is 0 Å². The van der Waals surface area contributed by atoms with Gasteiger partial charge in [-0.25, -0.2) is 9.97 Å². The standard InChI is InChI=1S/C11H14BrN3O/c1-6-11(13-5-10(12)14-6)16-9-4-7-2-3-8(9)15-7/h5,7-9,15H,2-4H2,1H3/t7-,8+,9-/m0/s1. The molecule has 5 heteroatoms. The molecule has 0 amide bonds. The Labute approximate surface area is 103 Å². The van der Waals surface area contributed by atoms with E-state index >= 15 is 0 Å². The van der Waals surface area contributed by atoms with Gasteiger partial charge >= 0.3 is 0 Å². The fraction of sp³-hybridized carbons (Fsp3) is 0.636. The number of ether oxygens (including phenoxy) is 1. The van der Waals surface area contributed by atoms with Crippen LogP contribution in [0.3, 0.4) is 0 Å².